The van der Waals surface area contributed by atoms with Gasteiger partial charge in [0.05, 0.1) is 5.54 Å². The molecule has 2 rings (SSSR count). The minimum absolute atomic E-state index is 0.346. The van der Waals surface area contributed by atoms with Gasteiger partial charge in [0, 0.05) is 0 Å². The van der Waals surface area contributed by atoms with Gasteiger partial charge < -0.3 is 0 Å². The smallest absolute Gasteiger partial charge is 0.211 e. The molecule has 2 heteroatoms. The van der Waals surface area contributed by atoms with E-state index in [1.807, 2.05) is 13.0 Å². The van der Waals surface area contributed by atoms with E-state index in [9.17, 15) is 4.79 Å². The first-order valence-corrected chi connectivity index (χ1v) is 5.35. The standard InChI is InChI=1S/C13H15NO/c1-10-5-3-7-12-11(10)6-4-8-13(12,2)14-9-15/h3,5,7H,4,6,8H2,1-2H3. The molecule has 0 radical (unpaired) electrons. The summed E-state index contributed by atoms with van der Waals surface area (Å²) in [4.78, 5) is 14.5. The van der Waals surface area contributed by atoms with Crippen molar-refractivity contribution in [2.75, 3.05) is 0 Å². The molecular weight excluding hydrogens is 186 g/mol. The van der Waals surface area contributed by atoms with E-state index >= 15 is 0 Å². The normalized spacial score (nSPS) is 24.1. The number of carbonyl (C=O) groups excluding carboxylic acids is 1. The summed E-state index contributed by atoms with van der Waals surface area (Å²) in [6, 6.07) is 6.25. The zero-order valence-electron chi connectivity index (χ0n) is 9.21. The summed E-state index contributed by atoms with van der Waals surface area (Å²) >= 11 is 0. The zero-order chi connectivity index (χ0) is 10.9. The molecule has 0 spiro atoms. The summed E-state index contributed by atoms with van der Waals surface area (Å²) in [5.74, 6) is 0. The van der Waals surface area contributed by atoms with Crippen molar-refractivity contribution in [1.82, 2.24) is 0 Å². The molecule has 1 aliphatic rings. The average Bonchev–Trinajstić information content (AvgIpc) is 2.20. The molecule has 1 aliphatic carbocycles. The molecule has 2 nitrogen and oxygen atoms in total. The molecule has 0 fully saturated rings. The number of nitrogens with zero attached hydrogens (tertiary/aromatic N) is 1. The van der Waals surface area contributed by atoms with Crippen LogP contribution < -0.4 is 0 Å². The fourth-order valence-electron chi connectivity index (χ4n) is 2.50. The van der Waals surface area contributed by atoms with Crippen LogP contribution in [0.2, 0.25) is 0 Å². The third kappa shape index (κ3) is 1.62. The Bertz CT molecular complexity index is 432. The topological polar surface area (TPSA) is 29.4 Å². The van der Waals surface area contributed by atoms with Gasteiger partial charge in [0.1, 0.15) is 0 Å². The van der Waals surface area contributed by atoms with E-state index in [0.29, 0.717) is 0 Å². The highest BCUT2D eigenvalue weighted by atomic mass is 16.1. The summed E-state index contributed by atoms with van der Waals surface area (Å²) in [7, 11) is 0. The number of isocyanates is 1. The molecule has 0 bridgehead atoms. The minimum atomic E-state index is -0.346. The third-order valence-electron chi connectivity index (χ3n) is 3.37. The Morgan fingerprint density at radius 2 is 2.27 bits per heavy atom. The van der Waals surface area contributed by atoms with Gasteiger partial charge in [0.25, 0.3) is 0 Å². The van der Waals surface area contributed by atoms with Crippen molar-refractivity contribution in [3.05, 3.63) is 34.9 Å². The van der Waals surface area contributed by atoms with Crippen molar-refractivity contribution in [2.24, 2.45) is 4.99 Å². The van der Waals surface area contributed by atoms with Crippen LogP contribution in [-0.4, -0.2) is 6.08 Å². The maximum absolute atomic E-state index is 10.5. The number of aryl methyl sites for hydroxylation is 1. The number of aliphatic imine (C=N–C) groups is 1. The fourth-order valence-corrected chi connectivity index (χ4v) is 2.50. The van der Waals surface area contributed by atoms with Crippen molar-refractivity contribution in [3.8, 4) is 0 Å². The molecule has 1 atom stereocenters. The zero-order valence-corrected chi connectivity index (χ0v) is 9.21. The van der Waals surface area contributed by atoms with Gasteiger partial charge >= 0.3 is 0 Å². The first kappa shape index (κ1) is 10.1. The molecule has 1 aromatic rings. The molecule has 0 heterocycles. The minimum Gasteiger partial charge on any atom is -0.211 e. The van der Waals surface area contributed by atoms with E-state index in [1.165, 1.54) is 16.7 Å². The molecule has 0 amide bonds. The molecule has 15 heavy (non-hydrogen) atoms. The van der Waals surface area contributed by atoms with Crippen molar-refractivity contribution < 1.29 is 4.79 Å². The second kappa shape index (κ2) is 3.63. The van der Waals surface area contributed by atoms with Crippen LogP contribution >= 0.6 is 0 Å². The maximum atomic E-state index is 10.5. The van der Waals surface area contributed by atoms with E-state index in [-0.39, 0.29) is 5.54 Å². The summed E-state index contributed by atoms with van der Waals surface area (Å²) in [5, 5.41) is 0. The quantitative estimate of drug-likeness (QED) is 0.507. The van der Waals surface area contributed by atoms with Gasteiger partial charge in [-0.15, -0.1) is 0 Å². The van der Waals surface area contributed by atoms with Gasteiger partial charge in [-0.05, 0) is 49.8 Å². The lowest BCUT2D eigenvalue weighted by Gasteiger charge is -2.32. The summed E-state index contributed by atoms with van der Waals surface area (Å²) in [6.45, 7) is 4.14. The van der Waals surface area contributed by atoms with Crippen LogP contribution in [0.1, 0.15) is 36.5 Å². The van der Waals surface area contributed by atoms with Gasteiger partial charge in [-0.25, -0.2) is 4.79 Å². The predicted molar refractivity (Wildman–Crippen MR) is 59.6 cm³/mol. The first-order chi connectivity index (χ1) is 7.17. The average molecular weight is 201 g/mol. The largest absolute Gasteiger partial charge is 0.235 e. The summed E-state index contributed by atoms with van der Waals surface area (Å²) < 4.78 is 0. The van der Waals surface area contributed by atoms with Crippen molar-refractivity contribution in [2.45, 2.75) is 38.6 Å². The molecule has 1 unspecified atom stereocenters. The van der Waals surface area contributed by atoms with Gasteiger partial charge in [0.2, 0.25) is 6.08 Å². The highest BCUT2D eigenvalue weighted by Gasteiger charge is 2.32. The lowest BCUT2D eigenvalue weighted by atomic mass is 9.77. The van der Waals surface area contributed by atoms with Gasteiger partial charge in [-0.1, -0.05) is 18.2 Å². The molecular formula is C13H15NO. The Balaban J connectivity index is 2.61. The number of hydrogen-bond acceptors (Lipinski definition) is 2. The van der Waals surface area contributed by atoms with Crippen LogP contribution in [-0.2, 0) is 16.8 Å². The number of fused-ring (bicyclic) bond motifs is 1. The molecule has 0 saturated heterocycles. The molecule has 1 aromatic carbocycles. The number of hydrogen-bond donors (Lipinski definition) is 0. The van der Waals surface area contributed by atoms with E-state index in [0.717, 1.165) is 19.3 Å². The van der Waals surface area contributed by atoms with Gasteiger partial charge in [-0.3, -0.25) is 0 Å². The lowest BCUT2D eigenvalue weighted by molar-refractivity contribution is 0.407. The van der Waals surface area contributed by atoms with E-state index in [4.69, 9.17) is 0 Å². The molecule has 0 saturated carbocycles. The van der Waals surface area contributed by atoms with Crippen LogP contribution in [0.15, 0.2) is 23.2 Å². The maximum Gasteiger partial charge on any atom is 0.235 e. The predicted octanol–water partition coefficient (Wildman–Crippen LogP) is 2.88. The first-order valence-electron chi connectivity index (χ1n) is 5.35. The summed E-state index contributed by atoms with van der Waals surface area (Å²) in [5.41, 5.74) is 3.53. The van der Waals surface area contributed by atoms with Crippen LogP contribution in [0.3, 0.4) is 0 Å². The monoisotopic (exact) mass is 201 g/mol. The van der Waals surface area contributed by atoms with Crippen LogP contribution in [0.5, 0.6) is 0 Å². The van der Waals surface area contributed by atoms with Crippen LogP contribution in [0, 0.1) is 6.92 Å². The van der Waals surface area contributed by atoms with E-state index < -0.39 is 0 Å². The Morgan fingerprint density at radius 3 is 3.00 bits per heavy atom. The van der Waals surface area contributed by atoms with Crippen molar-refractivity contribution in [3.63, 3.8) is 0 Å². The van der Waals surface area contributed by atoms with Gasteiger partial charge in [-0.2, -0.15) is 4.99 Å². The Labute approximate surface area is 90.0 Å². The highest BCUT2D eigenvalue weighted by molar-refractivity contribution is 5.44. The van der Waals surface area contributed by atoms with Crippen LogP contribution in [0.25, 0.3) is 0 Å². The molecule has 0 aromatic heterocycles. The molecule has 0 N–H and O–H groups in total. The molecule has 78 valence electrons. The van der Waals surface area contributed by atoms with Gasteiger partial charge in [0.15, 0.2) is 0 Å². The SMILES string of the molecule is Cc1cccc2c1CCCC2(C)N=C=O. The number of rotatable bonds is 1. The third-order valence-corrected chi connectivity index (χ3v) is 3.37. The van der Waals surface area contributed by atoms with Crippen LogP contribution in [0.4, 0.5) is 0 Å². The van der Waals surface area contributed by atoms with E-state index in [1.54, 1.807) is 6.08 Å². The second-order valence-electron chi connectivity index (χ2n) is 4.43. The number of benzene rings is 1. The fraction of sp³-hybridized carbons (Fsp3) is 0.462. The Kier molecular flexibility index (Phi) is 2.45. The van der Waals surface area contributed by atoms with E-state index in [2.05, 4.69) is 24.0 Å². The summed E-state index contributed by atoms with van der Waals surface area (Å²) in [6.07, 6.45) is 4.86. The second-order valence-corrected chi connectivity index (χ2v) is 4.43. The Morgan fingerprint density at radius 1 is 1.47 bits per heavy atom. The lowest BCUT2D eigenvalue weighted by Crippen LogP contribution is -2.25. The van der Waals surface area contributed by atoms with Crippen molar-refractivity contribution >= 4 is 6.08 Å². The molecule has 0 aliphatic heterocycles. The Hall–Kier alpha value is -1.40. The highest BCUT2D eigenvalue weighted by Crippen LogP contribution is 2.38. The van der Waals surface area contributed by atoms with Crippen molar-refractivity contribution in [1.29, 1.82) is 0 Å².